The van der Waals surface area contributed by atoms with E-state index in [2.05, 4.69) is 4.99 Å². The van der Waals surface area contributed by atoms with Crippen molar-refractivity contribution >= 4 is 44.7 Å². The number of fused-ring (bicyclic) bond motifs is 1. The van der Waals surface area contributed by atoms with E-state index in [1.807, 2.05) is 0 Å². The van der Waals surface area contributed by atoms with Crippen molar-refractivity contribution in [1.29, 1.82) is 0 Å². The second kappa shape index (κ2) is 6.66. The summed E-state index contributed by atoms with van der Waals surface area (Å²) in [6.45, 7) is 0. The molecule has 2 aromatic carbocycles. The number of aryl methyl sites for hydroxylation is 1. The van der Waals surface area contributed by atoms with E-state index < -0.39 is 10.8 Å². The topological polar surface area (TPSA) is 86.7 Å². The van der Waals surface area contributed by atoms with Crippen molar-refractivity contribution in [2.24, 2.45) is 12.0 Å². The first-order chi connectivity index (χ1) is 11.9. The SMILES string of the molecule is COc1ccc(Cl)c2sc(=NC(=O)c3ccc([N+](=O)[O-])cc3)n(C)c12. The van der Waals surface area contributed by atoms with Crippen LogP contribution in [0.4, 0.5) is 5.69 Å². The number of ether oxygens (including phenoxy) is 1. The number of amides is 1. The van der Waals surface area contributed by atoms with Crippen molar-refractivity contribution in [3.05, 3.63) is 61.9 Å². The number of carbonyl (C=O) groups is 1. The summed E-state index contributed by atoms with van der Waals surface area (Å²) in [6, 6.07) is 8.78. The number of rotatable bonds is 3. The van der Waals surface area contributed by atoms with Crippen molar-refractivity contribution in [3.63, 3.8) is 0 Å². The van der Waals surface area contributed by atoms with E-state index in [9.17, 15) is 14.9 Å². The van der Waals surface area contributed by atoms with Crippen LogP contribution in [-0.4, -0.2) is 22.5 Å². The minimum atomic E-state index is -0.522. The van der Waals surface area contributed by atoms with Gasteiger partial charge in [-0.25, -0.2) is 0 Å². The Morgan fingerprint density at radius 1 is 1.28 bits per heavy atom. The van der Waals surface area contributed by atoms with E-state index in [4.69, 9.17) is 16.3 Å². The van der Waals surface area contributed by atoms with Crippen LogP contribution < -0.4 is 9.54 Å². The van der Waals surface area contributed by atoms with Gasteiger partial charge < -0.3 is 9.30 Å². The fourth-order valence-electron chi connectivity index (χ4n) is 2.34. The van der Waals surface area contributed by atoms with E-state index in [0.717, 1.165) is 10.2 Å². The van der Waals surface area contributed by atoms with Gasteiger partial charge in [0.25, 0.3) is 11.6 Å². The highest BCUT2D eigenvalue weighted by atomic mass is 35.5. The minimum Gasteiger partial charge on any atom is -0.495 e. The maximum absolute atomic E-state index is 12.4. The zero-order valence-electron chi connectivity index (χ0n) is 13.2. The molecule has 1 aromatic heterocycles. The lowest BCUT2D eigenvalue weighted by atomic mass is 10.2. The molecule has 0 aliphatic rings. The molecule has 0 saturated carbocycles. The zero-order valence-corrected chi connectivity index (χ0v) is 14.8. The van der Waals surface area contributed by atoms with E-state index in [-0.39, 0.29) is 11.3 Å². The predicted octanol–water partition coefficient (Wildman–Crippen LogP) is 3.55. The molecule has 1 amide bonds. The number of nitro benzene ring substituents is 1. The van der Waals surface area contributed by atoms with Crippen LogP contribution >= 0.6 is 22.9 Å². The summed E-state index contributed by atoms with van der Waals surface area (Å²) in [5, 5.41) is 11.2. The molecule has 3 rings (SSSR count). The Morgan fingerprint density at radius 3 is 2.56 bits per heavy atom. The van der Waals surface area contributed by atoms with Gasteiger partial charge in [0.1, 0.15) is 11.3 Å². The average Bonchev–Trinajstić information content (AvgIpc) is 2.93. The largest absolute Gasteiger partial charge is 0.495 e. The number of methoxy groups -OCH3 is 1. The molecule has 0 unspecified atom stereocenters. The molecule has 0 atom stereocenters. The van der Waals surface area contributed by atoms with E-state index >= 15 is 0 Å². The van der Waals surface area contributed by atoms with Gasteiger partial charge in [0.2, 0.25) is 0 Å². The quantitative estimate of drug-likeness (QED) is 0.516. The number of hydrogen-bond acceptors (Lipinski definition) is 5. The van der Waals surface area contributed by atoms with Crippen LogP contribution in [0.5, 0.6) is 5.75 Å². The van der Waals surface area contributed by atoms with Crippen LogP contribution in [0.15, 0.2) is 41.4 Å². The zero-order chi connectivity index (χ0) is 18.1. The third-order valence-electron chi connectivity index (χ3n) is 3.60. The van der Waals surface area contributed by atoms with Crippen LogP contribution in [0, 0.1) is 10.1 Å². The monoisotopic (exact) mass is 377 g/mol. The smallest absolute Gasteiger partial charge is 0.279 e. The number of aromatic nitrogens is 1. The molecule has 0 aliphatic carbocycles. The number of benzene rings is 2. The lowest BCUT2D eigenvalue weighted by Gasteiger charge is -2.04. The maximum Gasteiger partial charge on any atom is 0.279 e. The van der Waals surface area contributed by atoms with Gasteiger partial charge in [0.15, 0.2) is 4.80 Å². The van der Waals surface area contributed by atoms with Crippen LogP contribution in [-0.2, 0) is 7.05 Å². The number of halogens is 1. The van der Waals surface area contributed by atoms with Crippen LogP contribution in [0.1, 0.15) is 10.4 Å². The molecule has 25 heavy (non-hydrogen) atoms. The molecule has 0 spiro atoms. The molecule has 7 nitrogen and oxygen atoms in total. The fourth-order valence-corrected chi connectivity index (χ4v) is 3.65. The average molecular weight is 378 g/mol. The number of thiazole rings is 1. The summed E-state index contributed by atoms with van der Waals surface area (Å²) in [6.07, 6.45) is 0. The van der Waals surface area contributed by atoms with Crippen molar-refractivity contribution in [2.45, 2.75) is 0 Å². The highest BCUT2D eigenvalue weighted by Gasteiger charge is 2.14. The van der Waals surface area contributed by atoms with Crippen molar-refractivity contribution in [2.75, 3.05) is 7.11 Å². The molecule has 0 aliphatic heterocycles. The molecule has 0 N–H and O–H groups in total. The Balaban J connectivity index is 2.09. The molecule has 0 saturated heterocycles. The summed E-state index contributed by atoms with van der Waals surface area (Å²) in [5.74, 6) is 0.134. The van der Waals surface area contributed by atoms with Gasteiger partial charge in [-0.1, -0.05) is 22.9 Å². The van der Waals surface area contributed by atoms with Gasteiger partial charge >= 0.3 is 0 Å². The van der Waals surface area contributed by atoms with E-state index in [0.29, 0.717) is 15.6 Å². The first-order valence-corrected chi connectivity index (χ1v) is 8.27. The van der Waals surface area contributed by atoms with Gasteiger partial charge in [0.05, 0.1) is 21.8 Å². The Bertz CT molecular complexity index is 1050. The molecular weight excluding hydrogens is 366 g/mol. The number of carbonyl (C=O) groups excluding carboxylic acids is 1. The van der Waals surface area contributed by atoms with Gasteiger partial charge in [-0.3, -0.25) is 14.9 Å². The van der Waals surface area contributed by atoms with Gasteiger partial charge in [0, 0.05) is 24.7 Å². The molecule has 0 fully saturated rings. The Labute approximate surface area is 150 Å². The lowest BCUT2D eigenvalue weighted by molar-refractivity contribution is -0.384. The molecular formula is C16H12ClN3O4S. The summed E-state index contributed by atoms with van der Waals surface area (Å²) in [5.41, 5.74) is 0.928. The minimum absolute atomic E-state index is 0.0829. The van der Waals surface area contributed by atoms with Crippen molar-refractivity contribution < 1.29 is 14.5 Å². The number of nitrogens with zero attached hydrogens (tertiary/aromatic N) is 3. The van der Waals surface area contributed by atoms with E-state index in [1.54, 1.807) is 30.9 Å². The summed E-state index contributed by atoms with van der Waals surface area (Å²) in [7, 11) is 3.32. The second-order valence-electron chi connectivity index (χ2n) is 5.09. The Kier molecular flexibility index (Phi) is 4.56. The molecule has 128 valence electrons. The van der Waals surface area contributed by atoms with Crippen LogP contribution in [0.3, 0.4) is 0 Å². The van der Waals surface area contributed by atoms with Crippen LogP contribution in [0.2, 0.25) is 5.02 Å². The first-order valence-electron chi connectivity index (χ1n) is 7.08. The van der Waals surface area contributed by atoms with Crippen molar-refractivity contribution in [3.8, 4) is 5.75 Å². The lowest BCUT2D eigenvalue weighted by Crippen LogP contribution is -2.13. The van der Waals surface area contributed by atoms with Crippen molar-refractivity contribution in [1.82, 2.24) is 4.57 Å². The number of hydrogen-bond donors (Lipinski definition) is 0. The summed E-state index contributed by atoms with van der Waals surface area (Å²) >= 11 is 7.49. The van der Waals surface area contributed by atoms with Gasteiger partial charge in [-0.05, 0) is 24.3 Å². The standard InChI is InChI=1S/C16H12ClN3O4S/c1-19-13-12(24-2)8-7-11(17)14(13)25-16(19)18-15(21)9-3-5-10(6-4-9)20(22)23/h3-8H,1-2H3. The highest BCUT2D eigenvalue weighted by Crippen LogP contribution is 2.32. The third-order valence-corrected chi connectivity index (χ3v) is 5.20. The maximum atomic E-state index is 12.4. The highest BCUT2D eigenvalue weighted by molar-refractivity contribution is 7.17. The van der Waals surface area contributed by atoms with Gasteiger partial charge in [-0.2, -0.15) is 4.99 Å². The summed E-state index contributed by atoms with van der Waals surface area (Å²) in [4.78, 5) is 27.1. The first kappa shape index (κ1) is 17.1. The number of nitro groups is 1. The Morgan fingerprint density at radius 2 is 1.96 bits per heavy atom. The van der Waals surface area contributed by atoms with E-state index in [1.165, 1.54) is 35.6 Å². The molecule has 0 radical (unpaired) electrons. The van der Waals surface area contributed by atoms with Crippen LogP contribution in [0.25, 0.3) is 10.2 Å². The summed E-state index contributed by atoms with van der Waals surface area (Å²) < 4.78 is 7.83. The molecule has 1 heterocycles. The third kappa shape index (κ3) is 3.13. The van der Waals surface area contributed by atoms with Gasteiger partial charge in [-0.15, -0.1) is 0 Å². The normalized spacial score (nSPS) is 11.7. The molecule has 9 heteroatoms. The Hall–Kier alpha value is -2.71. The predicted molar refractivity (Wildman–Crippen MR) is 95.3 cm³/mol. The second-order valence-corrected chi connectivity index (χ2v) is 6.48. The number of non-ortho nitro benzene ring substituents is 1. The molecule has 3 aromatic rings. The molecule has 0 bridgehead atoms. The fraction of sp³-hybridized carbons (Fsp3) is 0.125.